The number of hydrogen-bond acceptors (Lipinski definition) is 5. The molecule has 0 amide bonds. The topological polar surface area (TPSA) is 58.8 Å². The van der Waals surface area contributed by atoms with Crippen molar-refractivity contribution in [1.29, 1.82) is 0 Å². The van der Waals surface area contributed by atoms with E-state index < -0.39 is 0 Å². The third-order valence-electron chi connectivity index (χ3n) is 3.89. The molecule has 1 aliphatic heterocycles. The van der Waals surface area contributed by atoms with Gasteiger partial charge < -0.3 is 20.3 Å². The number of likely N-dealkylation sites (N-methyl/N-ethyl adjacent to an activating group) is 1. The van der Waals surface area contributed by atoms with Crippen molar-refractivity contribution in [2.75, 3.05) is 44.9 Å². The van der Waals surface area contributed by atoms with Gasteiger partial charge in [-0.1, -0.05) is 0 Å². The van der Waals surface area contributed by atoms with Crippen molar-refractivity contribution in [3.63, 3.8) is 0 Å². The summed E-state index contributed by atoms with van der Waals surface area (Å²) in [5.41, 5.74) is 7.83. The smallest absolute Gasteiger partial charge is 0.340 e. The maximum atomic E-state index is 11.9. The van der Waals surface area contributed by atoms with Gasteiger partial charge in [0.2, 0.25) is 0 Å². The van der Waals surface area contributed by atoms with E-state index in [-0.39, 0.29) is 5.97 Å². The van der Waals surface area contributed by atoms with Crippen LogP contribution >= 0.6 is 0 Å². The Morgan fingerprint density at radius 2 is 2.20 bits per heavy atom. The van der Waals surface area contributed by atoms with Gasteiger partial charge in [-0.25, -0.2) is 4.79 Å². The quantitative estimate of drug-likeness (QED) is 0.671. The van der Waals surface area contributed by atoms with Crippen molar-refractivity contribution in [1.82, 2.24) is 4.90 Å². The van der Waals surface area contributed by atoms with Crippen LogP contribution in [0.1, 0.15) is 23.2 Å². The Hall–Kier alpha value is -1.75. The number of hydrogen-bond donors (Lipinski definition) is 1. The number of anilines is 2. The van der Waals surface area contributed by atoms with Crippen molar-refractivity contribution in [2.24, 2.45) is 0 Å². The normalized spacial score (nSPS) is 19.2. The van der Waals surface area contributed by atoms with Gasteiger partial charge in [-0.3, -0.25) is 0 Å². The molecule has 0 saturated carbocycles. The van der Waals surface area contributed by atoms with Gasteiger partial charge in [-0.2, -0.15) is 0 Å². The molecule has 0 spiro atoms. The number of methoxy groups -OCH3 is 1. The molecule has 2 rings (SSSR count). The minimum absolute atomic E-state index is 0.334. The summed E-state index contributed by atoms with van der Waals surface area (Å²) in [5.74, 6) is -0.334. The fourth-order valence-corrected chi connectivity index (χ4v) is 2.70. The molecule has 5 heteroatoms. The van der Waals surface area contributed by atoms with Crippen LogP contribution in [-0.4, -0.2) is 51.2 Å². The van der Waals surface area contributed by atoms with Crippen LogP contribution in [0, 0.1) is 0 Å². The standard InChI is InChI=1S/C15H23N3O2/c1-17(2)12-5-4-8-18(10-12)14-7-6-11(16)9-13(14)15(19)20-3/h6-7,9,12H,4-5,8,10,16H2,1-3H3. The van der Waals surface area contributed by atoms with Crippen molar-refractivity contribution in [3.8, 4) is 0 Å². The number of benzene rings is 1. The number of carbonyl (C=O) groups is 1. The minimum Gasteiger partial charge on any atom is -0.465 e. The average Bonchev–Trinajstić information content (AvgIpc) is 2.46. The second kappa shape index (κ2) is 6.13. The van der Waals surface area contributed by atoms with E-state index in [2.05, 4.69) is 23.9 Å². The number of ether oxygens (including phenoxy) is 1. The molecule has 1 aromatic rings. The zero-order valence-corrected chi connectivity index (χ0v) is 12.4. The van der Waals surface area contributed by atoms with Crippen LogP contribution in [0.4, 0.5) is 11.4 Å². The number of rotatable bonds is 3. The molecule has 1 unspecified atom stereocenters. The zero-order chi connectivity index (χ0) is 14.7. The van der Waals surface area contributed by atoms with Gasteiger partial charge in [-0.05, 0) is 45.1 Å². The van der Waals surface area contributed by atoms with Gasteiger partial charge in [0.25, 0.3) is 0 Å². The van der Waals surface area contributed by atoms with Gasteiger partial charge in [0.15, 0.2) is 0 Å². The number of carbonyl (C=O) groups excluding carboxylic acids is 1. The molecule has 1 heterocycles. The van der Waals surface area contributed by atoms with E-state index in [1.165, 1.54) is 13.5 Å². The van der Waals surface area contributed by atoms with E-state index in [4.69, 9.17) is 10.5 Å². The third-order valence-corrected chi connectivity index (χ3v) is 3.89. The largest absolute Gasteiger partial charge is 0.465 e. The summed E-state index contributed by atoms with van der Waals surface area (Å²) in [4.78, 5) is 16.4. The highest BCUT2D eigenvalue weighted by Gasteiger charge is 2.25. The maximum Gasteiger partial charge on any atom is 0.340 e. The van der Waals surface area contributed by atoms with E-state index in [0.29, 0.717) is 17.3 Å². The van der Waals surface area contributed by atoms with Crippen LogP contribution in [0.25, 0.3) is 0 Å². The Bertz CT molecular complexity index is 488. The van der Waals surface area contributed by atoms with Gasteiger partial charge in [0.1, 0.15) is 0 Å². The molecule has 20 heavy (non-hydrogen) atoms. The Morgan fingerprint density at radius 3 is 2.85 bits per heavy atom. The fraction of sp³-hybridized carbons (Fsp3) is 0.533. The lowest BCUT2D eigenvalue weighted by Crippen LogP contribution is -2.45. The second-order valence-corrected chi connectivity index (χ2v) is 5.47. The van der Waals surface area contributed by atoms with E-state index in [1.54, 1.807) is 6.07 Å². The molecule has 5 nitrogen and oxygen atoms in total. The molecule has 0 aliphatic carbocycles. The van der Waals surface area contributed by atoms with Crippen molar-refractivity contribution in [3.05, 3.63) is 23.8 Å². The first-order valence-electron chi connectivity index (χ1n) is 6.92. The van der Waals surface area contributed by atoms with Crippen molar-refractivity contribution < 1.29 is 9.53 Å². The molecule has 1 aliphatic rings. The Kier molecular flexibility index (Phi) is 4.49. The van der Waals surface area contributed by atoms with Crippen molar-refractivity contribution in [2.45, 2.75) is 18.9 Å². The van der Waals surface area contributed by atoms with Crippen LogP contribution in [-0.2, 0) is 4.74 Å². The fourth-order valence-electron chi connectivity index (χ4n) is 2.70. The molecule has 0 aromatic heterocycles. The first-order valence-corrected chi connectivity index (χ1v) is 6.92. The lowest BCUT2D eigenvalue weighted by atomic mass is 10.0. The minimum atomic E-state index is -0.334. The number of nitrogens with zero attached hydrogens (tertiary/aromatic N) is 2. The predicted molar refractivity (Wildman–Crippen MR) is 81.1 cm³/mol. The summed E-state index contributed by atoms with van der Waals surface area (Å²) in [6.45, 7) is 1.87. The summed E-state index contributed by atoms with van der Waals surface area (Å²) in [5, 5.41) is 0. The van der Waals surface area contributed by atoms with E-state index in [0.717, 1.165) is 25.2 Å². The summed E-state index contributed by atoms with van der Waals surface area (Å²) >= 11 is 0. The van der Waals surface area contributed by atoms with Gasteiger partial charge in [0, 0.05) is 24.8 Å². The third kappa shape index (κ3) is 3.04. The van der Waals surface area contributed by atoms with E-state index in [1.807, 2.05) is 12.1 Å². The SMILES string of the molecule is COC(=O)c1cc(N)ccc1N1CCCC(N(C)C)C1. The highest BCUT2D eigenvalue weighted by molar-refractivity contribution is 5.97. The average molecular weight is 277 g/mol. The first-order chi connectivity index (χ1) is 9.52. The summed E-state index contributed by atoms with van der Waals surface area (Å²) < 4.78 is 4.87. The molecule has 0 radical (unpaired) electrons. The second-order valence-electron chi connectivity index (χ2n) is 5.47. The first kappa shape index (κ1) is 14.7. The van der Waals surface area contributed by atoms with Crippen LogP contribution in [0.2, 0.25) is 0 Å². The molecule has 0 bridgehead atoms. The van der Waals surface area contributed by atoms with E-state index >= 15 is 0 Å². The molecule has 1 atom stereocenters. The number of piperidine rings is 1. The highest BCUT2D eigenvalue weighted by Crippen LogP contribution is 2.27. The maximum absolute atomic E-state index is 11.9. The van der Waals surface area contributed by atoms with Crippen LogP contribution < -0.4 is 10.6 Å². The zero-order valence-electron chi connectivity index (χ0n) is 12.4. The summed E-state index contributed by atoms with van der Waals surface area (Å²) in [6.07, 6.45) is 2.31. The predicted octanol–water partition coefficient (Wildman–Crippen LogP) is 1.59. The Morgan fingerprint density at radius 1 is 1.45 bits per heavy atom. The van der Waals surface area contributed by atoms with Gasteiger partial charge in [-0.15, -0.1) is 0 Å². The van der Waals surface area contributed by atoms with Crippen LogP contribution in [0.3, 0.4) is 0 Å². The van der Waals surface area contributed by atoms with E-state index in [9.17, 15) is 4.79 Å². The number of esters is 1. The Labute approximate surface area is 120 Å². The number of nitrogens with two attached hydrogens (primary N) is 1. The van der Waals surface area contributed by atoms with Crippen LogP contribution in [0.5, 0.6) is 0 Å². The molecule has 1 fully saturated rings. The lowest BCUT2D eigenvalue weighted by Gasteiger charge is -2.38. The highest BCUT2D eigenvalue weighted by atomic mass is 16.5. The van der Waals surface area contributed by atoms with Gasteiger partial charge >= 0.3 is 5.97 Å². The lowest BCUT2D eigenvalue weighted by molar-refractivity contribution is 0.0601. The monoisotopic (exact) mass is 277 g/mol. The summed E-state index contributed by atoms with van der Waals surface area (Å²) in [7, 11) is 5.59. The molecule has 1 saturated heterocycles. The molecule has 1 aromatic carbocycles. The molecular formula is C15H23N3O2. The molecule has 2 N–H and O–H groups in total. The van der Waals surface area contributed by atoms with Gasteiger partial charge in [0.05, 0.1) is 18.4 Å². The summed E-state index contributed by atoms with van der Waals surface area (Å²) in [6, 6.07) is 5.95. The molecule has 110 valence electrons. The Balaban J connectivity index is 2.29. The number of nitrogen functional groups attached to an aromatic ring is 1. The van der Waals surface area contributed by atoms with Crippen LogP contribution in [0.15, 0.2) is 18.2 Å². The van der Waals surface area contributed by atoms with Crippen molar-refractivity contribution >= 4 is 17.3 Å². The molecular weight excluding hydrogens is 254 g/mol.